The molecule has 1 aliphatic rings. The van der Waals surface area contributed by atoms with Crippen molar-refractivity contribution in [2.75, 3.05) is 27.7 Å². The van der Waals surface area contributed by atoms with Gasteiger partial charge in [-0.05, 0) is 25.0 Å². The largest absolute Gasteiger partial charge is 0.399 e. The summed E-state index contributed by atoms with van der Waals surface area (Å²) in [6.45, 7) is -0.115. The molecule has 3 rings (SSSR count). The lowest BCUT2D eigenvalue weighted by Crippen LogP contribution is -2.38. The van der Waals surface area contributed by atoms with Gasteiger partial charge in [0.15, 0.2) is 0 Å². The smallest absolute Gasteiger partial charge is 0.323 e. The average Bonchev–Trinajstić information content (AvgIpc) is 3.37. The SMILES string of the molecule is CO/N=C(\CN(C1CC1)S(=O)(=O)c1ncn(S(=O)(=O)N(C)C)n1)c1cccc(Cl)c1. The predicted molar refractivity (Wildman–Crippen MR) is 110 cm³/mol. The van der Waals surface area contributed by atoms with Crippen molar-refractivity contribution in [1.29, 1.82) is 0 Å². The van der Waals surface area contributed by atoms with Gasteiger partial charge in [-0.1, -0.05) is 28.9 Å². The number of aromatic nitrogens is 3. The maximum Gasteiger partial charge on any atom is 0.323 e. The van der Waals surface area contributed by atoms with E-state index in [1.165, 1.54) is 25.5 Å². The van der Waals surface area contributed by atoms with Gasteiger partial charge in [-0.25, -0.2) is 13.4 Å². The Labute approximate surface area is 180 Å². The fraction of sp³-hybridized carbons (Fsp3) is 0.438. The van der Waals surface area contributed by atoms with Crippen molar-refractivity contribution in [1.82, 2.24) is 22.8 Å². The van der Waals surface area contributed by atoms with E-state index in [4.69, 9.17) is 16.4 Å². The molecule has 1 fully saturated rings. The summed E-state index contributed by atoms with van der Waals surface area (Å²) < 4.78 is 53.5. The summed E-state index contributed by atoms with van der Waals surface area (Å²) in [7, 11) is -4.22. The molecule has 1 heterocycles. The number of halogens is 1. The minimum absolute atomic E-state index is 0.115. The first-order valence-electron chi connectivity index (χ1n) is 8.80. The summed E-state index contributed by atoms with van der Waals surface area (Å²) in [4.78, 5) is 8.63. The predicted octanol–water partition coefficient (Wildman–Crippen LogP) is 0.790. The van der Waals surface area contributed by atoms with Gasteiger partial charge in [-0.2, -0.15) is 17.0 Å². The third kappa shape index (κ3) is 4.64. The van der Waals surface area contributed by atoms with E-state index in [1.54, 1.807) is 24.3 Å². The quantitative estimate of drug-likeness (QED) is 0.386. The molecule has 1 aromatic carbocycles. The molecule has 14 heteroatoms. The van der Waals surface area contributed by atoms with Crippen LogP contribution in [0.4, 0.5) is 0 Å². The fourth-order valence-electron chi connectivity index (χ4n) is 2.61. The maximum absolute atomic E-state index is 13.2. The highest BCUT2D eigenvalue weighted by molar-refractivity contribution is 7.89. The molecule has 0 aliphatic heterocycles. The van der Waals surface area contributed by atoms with Crippen LogP contribution in [-0.2, 0) is 25.1 Å². The number of oxime groups is 1. The molecule has 0 amide bonds. The van der Waals surface area contributed by atoms with E-state index in [0.717, 1.165) is 10.6 Å². The van der Waals surface area contributed by atoms with Crippen molar-refractivity contribution in [3.05, 3.63) is 41.2 Å². The third-order valence-corrected chi connectivity index (χ3v) is 7.81. The highest BCUT2D eigenvalue weighted by atomic mass is 35.5. The normalized spacial score (nSPS) is 15.7. The molecule has 0 radical (unpaired) electrons. The Morgan fingerprint density at radius 3 is 2.57 bits per heavy atom. The van der Waals surface area contributed by atoms with Crippen LogP contribution in [0.3, 0.4) is 0 Å². The summed E-state index contributed by atoms with van der Waals surface area (Å²) in [6, 6.07) is 6.51. The summed E-state index contributed by atoms with van der Waals surface area (Å²) in [5, 5.41) is 7.52. The highest BCUT2D eigenvalue weighted by Gasteiger charge is 2.41. The first kappa shape index (κ1) is 22.6. The van der Waals surface area contributed by atoms with Crippen LogP contribution < -0.4 is 0 Å². The summed E-state index contributed by atoms with van der Waals surface area (Å²) in [5.74, 6) is 0. The Hall–Kier alpha value is -2.06. The molecule has 0 N–H and O–H groups in total. The maximum atomic E-state index is 13.2. The van der Waals surface area contributed by atoms with Crippen LogP contribution in [0.5, 0.6) is 0 Å². The van der Waals surface area contributed by atoms with Gasteiger partial charge in [0.2, 0.25) is 0 Å². The second kappa shape index (κ2) is 8.59. The monoisotopic (exact) mass is 476 g/mol. The number of hydrogen-bond donors (Lipinski definition) is 0. The van der Waals surface area contributed by atoms with Crippen LogP contribution in [0.25, 0.3) is 0 Å². The van der Waals surface area contributed by atoms with Crippen molar-refractivity contribution in [3.63, 3.8) is 0 Å². The molecular formula is C16H21ClN6O5S2. The van der Waals surface area contributed by atoms with Gasteiger partial charge < -0.3 is 4.84 Å². The molecule has 1 aliphatic carbocycles. The Balaban J connectivity index is 1.96. The van der Waals surface area contributed by atoms with Crippen LogP contribution in [0.2, 0.25) is 5.02 Å². The molecule has 0 unspecified atom stereocenters. The fourth-order valence-corrected chi connectivity index (χ4v) is 5.01. The molecule has 1 aromatic heterocycles. The van der Waals surface area contributed by atoms with Crippen LogP contribution in [-0.4, -0.2) is 79.1 Å². The lowest BCUT2D eigenvalue weighted by molar-refractivity contribution is 0.212. The first-order valence-corrected chi connectivity index (χ1v) is 12.0. The zero-order valence-corrected chi connectivity index (χ0v) is 18.9. The van der Waals surface area contributed by atoms with Gasteiger partial charge in [0, 0.05) is 30.7 Å². The Morgan fingerprint density at radius 2 is 2.00 bits per heavy atom. The minimum Gasteiger partial charge on any atom is -0.399 e. The molecule has 0 atom stereocenters. The van der Waals surface area contributed by atoms with Gasteiger partial charge in [0.25, 0.3) is 15.2 Å². The molecule has 0 bridgehead atoms. The Bertz CT molecular complexity index is 1160. The molecule has 0 saturated heterocycles. The standard InChI is InChI=1S/C16H21ClN6O5S2/c1-21(2)30(26,27)23-11-18-16(19-23)29(24,25)22(14-7-8-14)10-15(20-28-3)12-5-4-6-13(17)9-12/h4-6,9,11,14H,7-8,10H2,1-3H3/b20-15+. The van der Waals surface area contributed by atoms with E-state index in [-0.39, 0.29) is 12.6 Å². The molecule has 1 saturated carbocycles. The number of sulfonamides is 1. The average molecular weight is 477 g/mol. The molecular weight excluding hydrogens is 456 g/mol. The number of nitrogens with zero attached hydrogens (tertiary/aromatic N) is 6. The van der Waals surface area contributed by atoms with Crippen LogP contribution in [0.15, 0.2) is 40.9 Å². The van der Waals surface area contributed by atoms with Crippen LogP contribution in [0, 0.1) is 0 Å². The van der Waals surface area contributed by atoms with E-state index in [0.29, 0.717) is 33.2 Å². The van der Waals surface area contributed by atoms with Crippen molar-refractivity contribution in [2.45, 2.75) is 24.0 Å². The van der Waals surface area contributed by atoms with Gasteiger partial charge in [0.1, 0.15) is 19.1 Å². The number of hydrogen-bond acceptors (Lipinski definition) is 8. The van der Waals surface area contributed by atoms with Gasteiger partial charge in [-0.15, -0.1) is 9.19 Å². The van der Waals surface area contributed by atoms with Crippen molar-refractivity contribution < 1.29 is 21.7 Å². The van der Waals surface area contributed by atoms with Gasteiger partial charge in [-0.3, -0.25) is 0 Å². The second-order valence-electron chi connectivity index (χ2n) is 6.70. The highest BCUT2D eigenvalue weighted by Crippen LogP contribution is 2.31. The van der Waals surface area contributed by atoms with Crippen molar-refractivity contribution >= 4 is 37.5 Å². The third-order valence-electron chi connectivity index (χ3n) is 4.31. The Kier molecular flexibility index (Phi) is 6.48. The van der Waals surface area contributed by atoms with E-state index >= 15 is 0 Å². The Morgan fingerprint density at radius 1 is 1.30 bits per heavy atom. The van der Waals surface area contributed by atoms with Gasteiger partial charge >= 0.3 is 10.2 Å². The molecule has 11 nitrogen and oxygen atoms in total. The van der Waals surface area contributed by atoms with Gasteiger partial charge in [0.05, 0.1) is 6.54 Å². The minimum atomic E-state index is -4.20. The van der Waals surface area contributed by atoms with E-state index in [9.17, 15) is 16.8 Å². The summed E-state index contributed by atoms with van der Waals surface area (Å²) in [6.07, 6.45) is 2.17. The molecule has 30 heavy (non-hydrogen) atoms. The lowest BCUT2D eigenvalue weighted by atomic mass is 10.1. The number of rotatable bonds is 9. The zero-order chi connectivity index (χ0) is 22.1. The van der Waals surface area contributed by atoms with E-state index in [1.807, 2.05) is 0 Å². The number of benzene rings is 1. The summed E-state index contributed by atoms with van der Waals surface area (Å²) in [5.41, 5.74) is 0.940. The van der Waals surface area contributed by atoms with Crippen molar-refractivity contribution in [2.24, 2.45) is 5.16 Å². The molecule has 0 spiro atoms. The molecule has 2 aromatic rings. The summed E-state index contributed by atoms with van der Waals surface area (Å²) >= 11 is 6.05. The molecule has 164 valence electrons. The van der Waals surface area contributed by atoms with E-state index in [2.05, 4.69) is 15.2 Å². The second-order valence-corrected chi connectivity index (χ2v) is 10.9. The lowest BCUT2D eigenvalue weighted by Gasteiger charge is -2.21. The first-order chi connectivity index (χ1) is 14.1. The van der Waals surface area contributed by atoms with E-state index < -0.39 is 25.4 Å². The van der Waals surface area contributed by atoms with Crippen LogP contribution in [0.1, 0.15) is 18.4 Å². The van der Waals surface area contributed by atoms with Crippen LogP contribution >= 0.6 is 11.6 Å². The topological polar surface area (TPSA) is 127 Å². The zero-order valence-electron chi connectivity index (χ0n) is 16.5. The van der Waals surface area contributed by atoms with Crippen molar-refractivity contribution in [3.8, 4) is 0 Å².